The number of nitrogens with zero attached hydrogens (tertiary/aromatic N) is 3. The molecule has 0 spiro atoms. The first-order valence-corrected chi connectivity index (χ1v) is 4.57. The Bertz CT molecular complexity index is 371. The highest BCUT2D eigenvalue weighted by Gasteiger charge is 2.35. The summed E-state index contributed by atoms with van der Waals surface area (Å²) in [4.78, 5) is 23.7. The van der Waals surface area contributed by atoms with Gasteiger partial charge in [0, 0.05) is 6.04 Å². The number of aromatic nitrogens is 3. The van der Waals surface area contributed by atoms with Gasteiger partial charge >= 0.3 is 5.97 Å². The summed E-state index contributed by atoms with van der Waals surface area (Å²) >= 11 is 0. The van der Waals surface area contributed by atoms with E-state index in [4.69, 9.17) is 5.11 Å². The van der Waals surface area contributed by atoms with Crippen molar-refractivity contribution in [3.05, 3.63) is 11.9 Å². The van der Waals surface area contributed by atoms with Crippen molar-refractivity contribution in [2.45, 2.75) is 18.9 Å². The Morgan fingerprint density at radius 1 is 1.60 bits per heavy atom. The van der Waals surface area contributed by atoms with Crippen LogP contribution in [0, 0.1) is 0 Å². The highest BCUT2D eigenvalue weighted by atomic mass is 16.4. The zero-order valence-electron chi connectivity index (χ0n) is 7.88. The molecule has 1 heterocycles. The summed E-state index contributed by atoms with van der Waals surface area (Å²) in [5.41, 5.74) is 0.156. The molecule has 0 aromatic carbocycles. The molecule has 2 N–H and O–H groups in total. The maximum absolute atomic E-state index is 11.8. The fourth-order valence-corrected chi connectivity index (χ4v) is 1.35. The largest absolute Gasteiger partial charge is 0.480 e. The molecule has 1 amide bonds. The summed E-state index contributed by atoms with van der Waals surface area (Å²) in [6, 6.07) is 0.0466. The van der Waals surface area contributed by atoms with E-state index in [0.717, 1.165) is 12.8 Å². The minimum absolute atomic E-state index is 0.0466. The van der Waals surface area contributed by atoms with Gasteiger partial charge in [0.05, 0.1) is 6.20 Å². The quantitative estimate of drug-likeness (QED) is 0.697. The van der Waals surface area contributed by atoms with Crippen molar-refractivity contribution in [2.24, 2.45) is 0 Å². The van der Waals surface area contributed by atoms with Gasteiger partial charge in [-0.25, -0.2) is 0 Å². The molecule has 0 saturated heterocycles. The van der Waals surface area contributed by atoms with Gasteiger partial charge in [0.2, 0.25) is 0 Å². The third kappa shape index (κ3) is 2.12. The maximum Gasteiger partial charge on any atom is 0.323 e. The highest BCUT2D eigenvalue weighted by molar-refractivity contribution is 5.94. The lowest BCUT2D eigenvalue weighted by Gasteiger charge is -2.18. The van der Waals surface area contributed by atoms with E-state index in [1.165, 1.54) is 11.1 Å². The van der Waals surface area contributed by atoms with E-state index in [1.54, 1.807) is 0 Å². The Morgan fingerprint density at radius 2 is 2.33 bits per heavy atom. The van der Waals surface area contributed by atoms with E-state index >= 15 is 0 Å². The van der Waals surface area contributed by atoms with Crippen molar-refractivity contribution in [3.63, 3.8) is 0 Å². The smallest absolute Gasteiger partial charge is 0.323 e. The number of carboxylic acids is 1. The zero-order valence-corrected chi connectivity index (χ0v) is 7.88. The molecule has 0 radical (unpaired) electrons. The molecular weight excluding hydrogens is 200 g/mol. The molecule has 1 aromatic heterocycles. The highest BCUT2D eigenvalue weighted by Crippen LogP contribution is 2.27. The van der Waals surface area contributed by atoms with Crippen LogP contribution < -0.4 is 0 Å². The van der Waals surface area contributed by atoms with Crippen LogP contribution in [0.1, 0.15) is 23.3 Å². The van der Waals surface area contributed by atoms with Crippen molar-refractivity contribution >= 4 is 11.9 Å². The summed E-state index contributed by atoms with van der Waals surface area (Å²) in [6.07, 6.45) is 3.01. The fraction of sp³-hybridized carbons (Fsp3) is 0.500. The number of hydrogen-bond acceptors (Lipinski definition) is 4. The number of aliphatic carboxylic acids is 1. The normalized spacial score (nSPS) is 14.9. The van der Waals surface area contributed by atoms with Gasteiger partial charge in [0.1, 0.15) is 6.54 Å². The van der Waals surface area contributed by atoms with Crippen molar-refractivity contribution in [1.29, 1.82) is 0 Å². The van der Waals surface area contributed by atoms with Crippen molar-refractivity contribution < 1.29 is 14.7 Å². The van der Waals surface area contributed by atoms with Gasteiger partial charge < -0.3 is 10.0 Å². The molecule has 0 aliphatic heterocycles. The van der Waals surface area contributed by atoms with Crippen LogP contribution in [-0.4, -0.2) is 49.9 Å². The van der Waals surface area contributed by atoms with Crippen LogP contribution in [0.4, 0.5) is 0 Å². The number of carbonyl (C=O) groups is 2. The third-order valence-electron chi connectivity index (χ3n) is 2.19. The van der Waals surface area contributed by atoms with Crippen LogP contribution in [0.5, 0.6) is 0 Å². The first kappa shape index (κ1) is 9.63. The van der Waals surface area contributed by atoms with Crippen LogP contribution in [0.15, 0.2) is 6.20 Å². The average Bonchev–Trinajstić information content (AvgIpc) is 2.88. The number of hydrogen-bond donors (Lipinski definition) is 2. The van der Waals surface area contributed by atoms with Crippen molar-refractivity contribution in [2.75, 3.05) is 6.54 Å². The number of aromatic amines is 1. The van der Waals surface area contributed by atoms with Crippen LogP contribution in [-0.2, 0) is 4.79 Å². The van der Waals surface area contributed by atoms with E-state index in [-0.39, 0.29) is 24.2 Å². The molecule has 15 heavy (non-hydrogen) atoms. The summed E-state index contributed by atoms with van der Waals surface area (Å²) in [5.74, 6) is -1.40. The lowest BCUT2D eigenvalue weighted by molar-refractivity contribution is -0.137. The molecule has 2 rings (SSSR count). The second kappa shape index (κ2) is 3.68. The Hall–Kier alpha value is -1.92. The molecule has 1 aromatic rings. The number of nitrogens with one attached hydrogen (secondary N) is 1. The average molecular weight is 210 g/mol. The molecule has 1 saturated carbocycles. The number of H-pyrrole nitrogens is 1. The molecule has 1 aliphatic rings. The lowest BCUT2D eigenvalue weighted by Crippen LogP contribution is -2.37. The van der Waals surface area contributed by atoms with Crippen LogP contribution in [0.2, 0.25) is 0 Å². The topological polar surface area (TPSA) is 99.2 Å². The molecule has 1 aliphatic carbocycles. The molecular formula is C8H10N4O3. The van der Waals surface area contributed by atoms with Gasteiger partial charge in [-0.1, -0.05) is 0 Å². The van der Waals surface area contributed by atoms with Crippen LogP contribution in [0.25, 0.3) is 0 Å². The van der Waals surface area contributed by atoms with E-state index in [2.05, 4.69) is 15.4 Å². The molecule has 7 nitrogen and oxygen atoms in total. The fourth-order valence-electron chi connectivity index (χ4n) is 1.35. The minimum atomic E-state index is -1.02. The maximum atomic E-state index is 11.8. The minimum Gasteiger partial charge on any atom is -0.480 e. The Kier molecular flexibility index (Phi) is 2.36. The molecule has 7 heteroatoms. The standard InChI is InChI=1S/C8H10N4O3/c13-7(14)4-12(5-1-2-5)8(15)6-3-9-11-10-6/h3,5H,1-2,4H2,(H,13,14)(H,9,10,11). The molecule has 80 valence electrons. The van der Waals surface area contributed by atoms with Gasteiger partial charge in [-0.3, -0.25) is 9.59 Å². The first-order chi connectivity index (χ1) is 7.18. The third-order valence-corrected chi connectivity index (χ3v) is 2.19. The number of carboxylic acid groups (broad SMARTS) is 1. The molecule has 0 atom stereocenters. The SMILES string of the molecule is O=C(O)CN(C(=O)c1cn[nH]n1)C1CC1. The van der Waals surface area contributed by atoms with Crippen molar-refractivity contribution in [1.82, 2.24) is 20.3 Å². The summed E-state index contributed by atoms with van der Waals surface area (Å²) in [6.45, 7) is -0.281. The van der Waals surface area contributed by atoms with Gasteiger partial charge in [-0.15, -0.1) is 0 Å². The van der Waals surface area contributed by atoms with E-state index in [9.17, 15) is 9.59 Å². The number of rotatable bonds is 4. The summed E-state index contributed by atoms with van der Waals surface area (Å²) < 4.78 is 0. The monoisotopic (exact) mass is 210 g/mol. The van der Waals surface area contributed by atoms with E-state index < -0.39 is 5.97 Å². The zero-order chi connectivity index (χ0) is 10.8. The first-order valence-electron chi connectivity index (χ1n) is 4.57. The second-order valence-corrected chi connectivity index (χ2v) is 3.41. The van der Waals surface area contributed by atoms with E-state index in [1.807, 2.05) is 0 Å². The van der Waals surface area contributed by atoms with Gasteiger partial charge in [-0.2, -0.15) is 15.4 Å². The second-order valence-electron chi connectivity index (χ2n) is 3.41. The van der Waals surface area contributed by atoms with E-state index in [0.29, 0.717) is 0 Å². The number of amides is 1. The van der Waals surface area contributed by atoms with Crippen LogP contribution in [0.3, 0.4) is 0 Å². The number of carbonyl (C=O) groups excluding carboxylic acids is 1. The molecule has 1 fully saturated rings. The van der Waals surface area contributed by atoms with Gasteiger partial charge in [0.25, 0.3) is 5.91 Å². The van der Waals surface area contributed by atoms with Gasteiger partial charge in [-0.05, 0) is 12.8 Å². The predicted octanol–water partition coefficient (Wildman–Crippen LogP) is -0.506. The van der Waals surface area contributed by atoms with Gasteiger partial charge in [0.15, 0.2) is 5.69 Å². The summed E-state index contributed by atoms with van der Waals surface area (Å²) in [7, 11) is 0. The predicted molar refractivity (Wildman–Crippen MR) is 48.1 cm³/mol. The Balaban J connectivity index is 2.10. The Morgan fingerprint density at radius 3 is 2.80 bits per heavy atom. The molecule has 0 bridgehead atoms. The van der Waals surface area contributed by atoms with Crippen molar-refractivity contribution in [3.8, 4) is 0 Å². The molecule has 0 unspecified atom stereocenters. The summed E-state index contributed by atoms with van der Waals surface area (Å²) in [5, 5.41) is 18.1. The lowest BCUT2D eigenvalue weighted by atomic mass is 10.3. The Labute approximate surface area is 85.1 Å². The van der Waals surface area contributed by atoms with Crippen LogP contribution >= 0.6 is 0 Å².